The largest absolute Gasteiger partial charge is 0.354 e. The van der Waals surface area contributed by atoms with Gasteiger partial charge in [-0.3, -0.25) is 0 Å². The average Bonchev–Trinajstić information content (AvgIpc) is 2.47. The smallest absolute Gasteiger partial charge is 0.136 e. The maximum atomic E-state index is 8.93. The van der Waals surface area contributed by atoms with Gasteiger partial charge in [-0.2, -0.15) is 5.26 Å². The van der Waals surface area contributed by atoms with Gasteiger partial charge in [0.05, 0.1) is 11.6 Å². The van der Waals surface area contributed by atoms with Crippen LogP contribution in [0.4, 0.5) is 5.82 Å². The van der Waals surface area contributed by atoms with Crippen LogP contribution < -0.4 is 10.2 Å². The molecular formula is C14H14N4. The molecule has 18 heavy (non-hydrogen) atoms. The lowest BCUT2D eigenvalue weighted by Gasteiger charge is -2.29. The monoisotopic (exact) mass is 238 g/mol. The topological polar surface area (TPSA) is 52.0 Å². The minimum absolute atomic E-state index is 0.694. The van der Waals surface area contributed by atoms with Gasteiger partial charge in [-0.1, -0.05) is 0 Å². The highest BCUT2D eigenvalue weighted by Gasteiger charge is 2.14. The second kappa shape index (κ2) is 4.63. The highest BCUT2D eigenvalue weighted by Crippen LogP contribution is 2.25. The summed E-state index contributed by atoms with van der Waals surface area (Å²) in [6.45, 7) is 3.95. The van der Waals surface area contributed by atoms with E-state index in [9.17, 15) is 0 Å². The Bertz CT molecular complexity index is 609. The number of anilines is 1. The number of rotatable bonds is 1. The second-order valence-corrected chi connectivity index (χ2v) is 4.42. The molecule has 0 atom stereocenters. The highest BCUT2D eigenvalue weighted by molar-refractivity contribution is 5.93. The summed E-state index contributed by atoms with van der Waals surface area (Å²) in [6.07, 6.45) is 1.82. The standard InChI is InChI=1S/C14H14N4/c15-10-11-1-2-13-12(9-11)3-4-17-14(13)18-7-5-16-6-8-18/h1-4,9,16H,5-8H2. The molecular weight excluding hydrogens is 224 g/mol. The summed E-state index contributed by atoms with van der Waals surface area (Å²) < 4.78 is 0. The zero-order chi connectivity index (χ0) is 12.4. The summed E-state index contributed by atoms with van der Waals surface area (Å²) in [5, 5.41) is 14.5. The summed E-state index contributed by atoms with van der Waals surface area (Å²) in [4.78, 5) is 6.80. The van der Waals surface area contributed by atoms with Crippen molar-refractivity contribution in [3.8, 4) is 6.07 Å². The number of hydrogen-bond acceptors (Lipinski definition) is 4. The van der Waals surface area contributed by atoms with Crippen molar-refractivity contribution in [1.82, 2.24) is 10.3 Å². The molecule has 3 rings (SSSR count). The molecule has 1 aliphatic heterocycles. The quantitative estimate of drug-likeness (QED) is 0.818. The summed E-state index contributed by atoms with van der Waals surface area (Å²) in [6, 6.07) is 9.91. The number of nitrogens with one attached hydrogen (secondary N) is 1. The number of nitriles is 1. The van der Waals surface area contributed by atoms with E-state index in [4.69, 9.17) is 5.26 Å². The van der Waals surface area contributed by atoms with Gasteiger partial charge in [0.25, 0.3) is 0 Å². The lowest BCUT2D eigenvalue weighted by molar-refractivity contribution is 0.586. The van der Waals surface area contributed by atoms with Crippen molar-refractivity contribution >= 4 is 16.6 Å². The van der Waals surface area contributed by atoms with E-state index < -0.39 is 0 Å². The Kier molecular flexibility index (Phi) is 2.83. The van der Waals surface area contributed by atoms with E-state index in [0.29, 0.717) is 5.56 Å². The van der Waals surface area contributed by atoms with Crippen LogP contribution in [0, 0.1) is 11.3 Å². The molecule has 0 spiro atoms. The Morgan fingerprint density at radius 2 is 2.06 bits per heavy atom. The summed E-state index contributed by atoms with van der Waals surface area (Å²) in [5.74, 6) is 1.03. The molecule has 1 N–H and O–H groups in total. The van der Waals surface area contributed by atoms with E-state index in [2.05, 4.69) is 21.3 Å². The molecule has 0 unspecified atom stereocenters. The number of piperazine rings is 1. The zero-order valence-electron chi connectivity index (χ0n) is 10.1. The fourth-order valence-electron chi connectivity index (χ4n) is 2.36. The minimum atomic E-state index is 0.694. The SMILES string of the molecule is N#Cc1ccc2c(N3CCNCC3)nccc2c1. The Hall–Kier alpha value is -2.12. The summed E-state index contributed by atoms with van der Waals surface area (Å²) >= 11 is 0. The van der Waals surface area contributed by atoms with Crippen LogP contribution in [0.15, 0.2) is 30.5 Å². The third kappa shape index (κ3) is 1.89. The van der Waals surface area contributed by atoms with Crippen LogP contribution in [0.2, 0.25) is 0 Å². The van der Waals surface area contributed by atoms with Crippen molar-refractivity contribution in [1.29, 1.82) is 5.26 Å². The van der Waals surface area contributed by atoms with Gasteiger partial charge in [-0.05, 0) is 29.7 Å². The van der Waals surface area contributed by atoms with E-state index in [-0.39, 0.29) is 0 Å². The normalized spacial score (nSPS) is 15.6. The van der Waals surface area contributed by atoms with Crippen molar-refractivity contribution < 1.29 is 0 Å². The number of hydrogen-bond donors (Lipinski definition) is 1. The molecule has 4 nitrogen and oxygen atoms in total. The lowest BCUT2D eigenvalue weighted by atomic mass is 10.1. The van der Waals surface area contributed by atoms with Crippen LogP contribution in [-0.4, -0.2) is 31.2 Å². The van der Waals surface area contributed by atoms with Gasteiger partial charge in [-0.25, -0.2) is 4.98 Å². The van der Waals surface area contributed by atoms with Crippen molar-refractivity contribution in [3.05, 3.63) is 36.0 Å². The van der Waals surface area contributed by atoms with Crippen molar-refractivity contribution in [3.63, 3.8) is 0 Å². The van der Waals surface area contributed by atoms with Gasteiger partial charge in [0, 0.05) is 37.8 Å². The van der Waals surface area contributed by atoms with E-state index in [1.54, 1.807) is 0 Å². The fourth-order valence-corrected chi connectivity index (χ4v) is 2.36. The van der Waals surface area contributed by atoms with Gasteiger partial charge >= 0.3 is 0 Å². The van der Waals surface area contributed by atoms with Crippen molar-refractivity contribution in [2.24, 2.45) is 0 Å². The fraction of sp³-hybridized carbons (Fsp3) is 0.286. The van der Waals surface area contributed by atoms with Crippen LogP contribution in [-0.2, 0) is 0 Å². The zero-order valence-corrected chi connectivity index (χ0v) is 10.1. The first-order valence-corrected chi connectivity index (χ1v) is 6.13. The number of fused-ring (bicyclic) bond motifs is 1. The Morgan fingerprint density at radius 1 is 1.22 bits per heavy atom. The van der Waals surface area contributed by atoms with Gasteiger partial charge < -0.3 is 10.2 Å². The summed E-state index contributed by atoms with van der Waals surface area (Å²) in [7, 11) is 0. The molecule has 1 saturated heterocycles. The molecule has 0 amide bonds. The molecule has 4 heteroatoms. The third-order valence-electron chi connectivity index (χ3n) is 3.29. The molecule has 1 fully saturated rings. The van der Waals surface area contributed by atoms with Crippen LogP contribution in [0.5, 0.6) is 0 Å². The van der Waals surface area contributed by atoms with Crippen LogP contribution in [0.1, 0.15) is 5.56 Å². The predicted molar refractivity (Wildman–Crippen MR) is 71.5 cm³/mol. The molecule has 2 aromatic rings. The Balaban J connectivity index is 2.09. The number of benzene rings is 1. The maximum absolute atomic E-state index is 8.93. The molecule has 1 aromatic heterocycles. The molecule has 0 radical (unpaired) electrons. The molecule has 0 bridgehead atoms. The first-order chi connectivity index (χ1) is 8.88. The van der Waals surface area contributed by atoms with Crippen LogP contribution in [0.3, 0.4) is 0 Å². The first-order valence-electron chi connectivity index (χ1n) is 6.13. The minimum Gasteiger partial charge on any atom is -0.354 e. The molecule has 1 aliphatic rings. The molecule has 0 aliphatic carbocycles. The van der Waals surface area contributed by atoms with E-state index in [0.717, 1.165) is 42.8 Å². The molecule has 2 heterocycles. The van der Waals surface area contributed by atoms with E-state index in [1.807, 2.05) is 30.5 Å². The van der Waals surface area contributed by atoms with Crippen molar-refractivity contribution in [2.45, 2.75) is 0 Å². The van der Waals surface area contributed by atoms with Gasteiger partial charge in [0.1, 0.15) is 5.82 Å². The highest BCUT2D eigenvalue weighted by atomic mass is 15.2. The molecule has 0 saturated carbocycles. The predicted octanol–water partition coefficient (Wildman–Crippen LogP) is 1.52. The third-order valence-corrected chi connectivity index (χ3v) is 3.29. The van der Waals surface area contributed by atoms with E-state index in [1.165, 1.54) is 0 Å². The average molecular weight is 238 g/mol. The summed E-state index contributed by atoms with van der Waals surface area (Å²) in [5.41, 5.74) is 0.694. The Morgan fingerprint density at radius 3 is 2.83 bits per heavy atom. The van der Waals surface area contributed by atoms with Gasteiger partial charge in [-0.15, -0.1) is 0 Å². The van der Waals surface area contributed by atoms with Crippen LogP contribution >= 0.6 is 0 Å². The Labute approximate surface area is 106 Å². The van der Waals surface area contributed by atoms with E-state index >= 15 is 0 Å². The maximum Gasteiger partial charge on any atom is 0.136 e. The van der Waals surface area contributed by atoms with Gasteiger partial charge in [0.15, 0.2) is 0 Å². The number of aromatic nitrogens is 1. The second-order valence-electron chi connectivity index (χ2n) is 4.42. The number of pyridine rings is 1. The van der Waals surface area contributed by atoms with Gasteiger partial charge in [0.2, 0.25) is 0 Å². The first kappa shape index (κ1) is 11.0. The lowest BCUT2D eigenvalue weighted by Crippen LogP contribution is -2.43. The number of nitrogens with zero attached hydrogens (tertiary/aromatic N) is 3. The molecule has 1 aromatic carbocycles. The molecule has 90 valence electrons. The van der Waals surface area contributed by atoms with Crippen molar-refractivity contribution in [2.75, 3.05) is 31.1 Å². The van der Waals surface area contributed by atoms with Crippen LogP contribution in [0.25, 0.3) is 10.8 Å².